The topological polar surface area (TPSA) is 17.1 Å². The van der Waals surface area contributed by atoms with E-state index in [9.17, 15) is 9.18 Å². The molecular weight excluding hydrogens is 175 g/mol. The fourth-order valence-electron chi connectivity index (χ4n) is 0.816. The zero-order valence-corrected chi connectivity index (χ0v) is 8.62. The van der Waals surface area contributed by atoms with Crippen molar-refractivity contribution in [2.75, 3.05) is 5.75 Å². The Labute approximate surface area is 78.1 Å². The average molecular weight is 192 g/mol. The number of hydrogen-bond acceptors (Lipinski definition) is 2. The molecule has 1 unspecified atom stereocenters. The molecule has 12 heavy (non-hydrogen) atoms. The molecule has 0 bridgehead atoms. The van der Waals surface area contributed by atoms with Gasteiger partial charge in [-0.05, 0) is 26.2 Å². The number of thioether (sulfide) groups is 1. The second-order valence-corrected chi connectivity index (χ2v) is 4.00. The largest absolute Gasteiger partial charge is 0.287 e. The fraction of sp³-hybridized carbons (Fsp3) is 0.889. The summed E-state index contributed by atoms with van der Waals surface area (Å²) in [7, 11) is 0. The summed E-state index contributed by atoms with van der Waals surface area (Å²) in [4.78, 5) is 10.8. The first kappa shape index (κ1) is 11.9. The lowest BCUT2D eigenvalue weighted by Gasteiger charge is -2.00. The van der Waals surface area contributed by atoms with E-state index in [0.29, 0.717) is 12.8 Å². The van der Waals surface area contributed by atoms with E-state index in [4.69, 9.17) is 0 Å². The van der Waals surface area contributed by atoms with Gasteiger partial charge in [-0.3, -0.25) is 4.79 Å². The number of carbonyl (C=O) groups is 1. The minimum atomic E-state index is -0.697. The standard InChI is InChI=1S/C9H17FOS/c1-3-9(11)12-7-5-4-6-8(2)10/h8H,3-7H2,1-2H3. The van der Waals surface area contributed by atoms with Crippen molar-refractivity contribution in [1.29, 1.82) is 0 Å². The van der Waals surface area contributed by atoms with Crippen molar-refractivity contribution in [1.82, 2.24) is 0 Å². The van der Waals surface area contributed by atoms with E-state index in [2.05, 4.69) is 0 Å². The van der Waals surface area contributed by atoms with Crippen LogP contribution in [0.2, 0.25) is 0 Å². The molecule has 0 amide bonds. The molecule has 0 aromatic rings. The van der Waals surface area contributed by atoms with Crippen molar-refractivity contribution < 1.29 is 9.18 Å². The van der Waals surface area contributed by atoms with E-state index < -0.39 is 6.17 Å². The maximum atomic E-state index is 12.3. The molecular formula is C9H17FOS. The third kappa shape index (κ3) is 8.05. The lowest BCUT2D eigenvalue weighted by atomic mass is 10.2. The molecule has 0 spiro atoms. The van der Waals surface area contributed by atoms with Crippen LogP contribution in [-0.4, -0.2) is 17.0 Å². The van der Waals surface area contributed by atoms with Gasteiger partial charge >= 0.3 is 0 Å². The van der Waals surface area contributed by atoms with Gasteiger partial charge in [0.2, 0.25) is 0 Å². The van der Waals surface area contributed by atoms with Gasteiger partial charge in [-0.15, -0.1) is 0 Å². The molecule has 0 heterocycles. The van der Waals surface area contributed by atoms with Crippen LogP contribution in [0, 0.1) is 0 Å². The smallest absolute Gasteiger partial charge is 0.188 e. The Balaban J connectivity index is 3.05. The average Bonchev–Trinajstić information content (AvgIpc) is 2.03. The zero-order valence-electron chi connectivity index (χ0n) is 7.81. The quantitative estimate of drug-likeness (QED) is 0.601. The predicted molar refractivity (Wildman–Crippen MR) is 52.2 cm³/mol. The van der Waals surface area contributed by atoms with Gasteiger partial charge in [0.15, 0.2) is 5.12 Å². The molecule has 0 aliphatic carbocycles. The Hall–Kier alpha value is -0.0500. The van der Waals surface area contributed by atoms with Crippen molar-refractivity contribution in [2.45, 2.75) is 45.7 Å². The number of carbonyl (C=O) groups excluding carboxylic acids is 1. The van der Waals surface area contributed by atoms with Crippen molar-refractivity contribution in [3.8, 4) is 0 Å². The molecule has 0 aromatic carbocycles. The highest BCUT2D eigenvalue weighted by atomic mass is 32.2. The van der Waals surface area contributed by atoms with Gasteiger partial charge in [-0.25, -0.2) is 4.39 Å². The van der Waals surface area contributed by atoms with Crippen LogP contribution >= 0.6 is 11.8 Å². The van der Waals surface area contributed by atoms with Crippen LogP contribution in [0.3, 0.4) is 0 Å². The first-order valence-electron chi connectivity index (χ1n) is 4.46. The van der Waals surface area contributed by atoms with Gasteiger partial charge in [0.25, 0.3) is 0 Å². The SMILES string of the molecule is CCC(=O)SCCCCC(C)F. The molecule has 0 radical (unpaired) electrons. The van der Waals surface area contributed by atoms with Gasteiger partial charge in [-0.2, -0.15) is 0 Å². The van der Waals surface area contributed by atoms with E-state index in [1.165, 1.54) is 11.8 Å². The Kier molecular flexibility index (Phi) is 7.56. The monoisotopic (exact) mass is 192 g/mol. The minimum absolute atomic E-state index is 0.239. The van der Waals surface area contributed by atoms with Crippen LogP contribution in [0.25, 0.3) is 0 Å². The van der Waals surface area contributed by atoms with Crippen molar-refractivity contribution in [3.63, 3.8) is 0 Å². The molecule has 0 fully saturated rings. The summed E-state index contributed by atoms with van der Waals surface area (Å²) in [6, 6.07) is 0. The van der Waals surface area contributed by atoms with Crippen LogP contribution in [0.1, 0.15) is 39.5 Å². The molecule has 0 rings (SSSR count). The minimum Gasteiger partial charge on any atom is -0.287 e. The predicted octanol–water partition coefficient (Wildman–Crippen LogP) is 3.18. The van der Waals surface area contributed by atoms with Crippen molar-refractivity contribution in [3.05, 3.63) is 0 Å². The third-order valence-electron chi connectivity index (χ3n) is 1.55. The third-order valence-corrected chi connectivity index (χ3v) is 2.65. The number of halogens is 1. The number of hydrogen-bond donors (Lipinski definition) is 0. The van der Waals surface area contributed by atoms with Gasteiger partial charge in [0.1, 0.15) is 0 Å². The van der Waals surface area contributed by atoms with E-state index in [1.807, 2.05) is 6.92 Å². The van der Waals surface area contributed by atoms with E-state index >= 15 is 0 Å². The maximum Gasteiger partial charge on any atom is 0.188 e. The highest BCUT2D eigenvalue weighted by Gasteiger charge is 2.00. The molecule has 0 aliphatic heterocycles. The summed E-state index contributed by atoms with van der Waals surface area (Å²) < 4.78 is 12.3. The molecule has 72 valence electrons. The molecule has 0 aromatic heterocycles. The molecule has 0 aliphatic rings. The first-order chi connectivity index (χ1) is 5.66. The zero-order chi connectivity index (χ0) is 9.40. The molecule has 0 saturated heterocycles. The van der Waals surface area contributed by atoms with Crippen LogP contribution in [0.15, 0.2) is 0 Å². The van der Waals surface area contributed by atoms with Crippen molar-refractivity contribution >= 4 is 16.9 Å². The lowest BCUT2D eigenvalue weighted by Crippen LogP contribution is -1.94. The van der Waals surface area contributed by atoms with Gasteiger partial charge < -0.3 is 0 Å². The highest BCUT2D eigenvalue weighted by Crippen LogP contribution is 2.10. The number of alkyl halides is 1. The van der Waals surface area contributed by atoms with Crippen molar-refractivity contribution in [2.24, 2.45) is 0 Å². The maximum absolute atomic E-state index is 12.3. The highest BCUT2D eigenvalue weighted by molar-refractivity contribution is 8.13. The summed E-state index contributed by atoms with van der Waals surface area (Å²) in [6.45, 7) is 3.43. The van der Waals surface area contributed by atoms with Crippen LogP contribution in [-0.2, 0) is 4.79 Å². The number of rotatable bonds is 6. The summed E-state index contributed by atoms with van der Waals surface area (Å²) in [6.07, 6.45) is 2.37. The van der Waals surface area contributed by atoms with Gasteiger partial charge in [-0.1, -0.05) is 18.7 Å². The Morgan fingerprint density at radius 3 is 2.67 bits per heavy atom. The summed E-state index contributed by atoms with van der Waals surface area (Å²) in [5.74, 6) is 0.847. The Morgan fingerprint density at radius 2 is 2.17 bits per heavy atom. The summed E-state index contributed by atoms with van der Waals surface area (Å²) in [5, 5.41) is 0.239. The summed E-state index contributed by atoms with van der Waals surface area (Å²) in [5.41, 5.74) is 0. The molecule has 3 heteroatoms. The second-order valence-electron chi connectivity index (χ2n) is 2.85. The van der Waals surface area contributed by atoms with Gasteiger partial charge in [0.05, 0.1) is 6.17 Å². The first-order valence-corrected chi connectivity index (χ1v) is 5.45. The Bertz CT molecular complexity index is 126. The second kappa shape index (κ2) is 7.59. The molecule has 1 nitrogen and oxygen atoms in total. The Morgan fingerprint density at radius 1 is 1.50 bits per heavy atom. The van der Waals surface area contributed by atoms with E-state index in [-0.39, 0.29) is 5.12 Å². The van der Waals surface area contributed by atoms with Crippen LogP contribution in [0.4, 0.5) is 4.39 Å². The molecule has 0 N–H and O–H groups in total. The lowest BCUT2D eigenvalue weighted by molar-refractivity contribution is -0.110. The van der Waals surface area contributed by atoms with E-state index in [1.54, 1.807) is 6.92 Å². The normalized spacial score (nSPS) is 12.9. The van der Waals surface area contributed by atoms with Crippen LogP contribution in [0.5, 0.6) is 0 Å². The van der Waals surface area contributed by atoms with E-state index in [0.717, 1.165) is 18.6 Å². The molecule has 1 atom stereocenters. The molecule has 0 saturated carbocycles. The summed E-state index contributed by atoms with van der Waals surface area (Å²) >= 11 is 1.37. The fourth-order valence-corrected chi connectivity index (χ4v) is 1.60. The number of unbranched alkanes of at least 4 members (excludes halogenated alkanes) is 1. The van der Waals surface area contributed by atoms with Gasteiger partial charge in [0, 0.05) is 12.2 Å². The van der Waals surface area contributed by atoms with Crippen LogP contribution < -0.4 is 0 Å².